The van der Waals surface area contributed by atoms with Crippen LogP contribution >= 0.6 is 12.2 Å². The number of furan rings is 1. The van der Waals surface area contributed by atoms with Crippen molar-refractivity contribution >= 4 is 23.2 Å². The van der Waals surface area contributed by atoms with Crippen molar-refractivity contribution in [2.75, 3.05) is 6.79 Å². The molecule has 0 spiro atoms. The first-order valence-corrected chi connectivity index (χ1v) is 7.95. The SMILES string of the molecule is C[C@@H](Oc1ccc2c(c1)OCO2)C(=O)NNC(=S)NCc1ccco1. The third-order valence-corrected chi connectivity index (χ3v) is 3.58. The summed E-state index contributed by atoms with van der Waals surface area (Å²) in [6.07, 6.45) is 0.838. The van der Waals surface area contributed by atoms with E-state index in [1.807, 2.05) is 6.07 Å². The van der Waals surface area contributed by atoms with E-state index >= 15 is 0 Å². The van der Waals surface area contributed by atoms with Gasteiger partial charge in [0.05, 0.1) is 12.8 Å². The fraction of sp³-hybridized carbons (Fsp3) is 0.250. The van der Waals surface area contributed by atoms with E-state index < -0.39 is 6.10 Å². The average Bonchev–Trinajstić information content (AvgIpc) is 3.28. The highest BCUT2D eigenvalue weighted by molar-refractivity contribution is 7.80. The Morgan fingerprint density at radius 3 is 2.92 bits per heavy atom. The molecular formula is C16H17N3O5S. The minimum Gasteiger partial charge on any atom is -0.481 e. The van der Waals surface area contributed by atoms with Crippen LogP contribution in [0.1, 0.15) is 12.7 Å². The maximum absolute atomic E-state index is 12.1. The summed E-state index contributed by atoms with van der Waals surface area (Å²) in [6.45, 7) is 2.22. The Morgan fingerprint density at radius 1 is 1.28 bits per heavy atom. The Labute approximate surface area is 149 Å². The van der Waals surface area contributed by atoms with E-state index in [0.717, 1.165) is 5.76 Å². The summed E-state index contributed by atoms with van der Waals surface area (Å²) in [5, 5.41) is 3.16. The van der Waals surface area contributed by atoms with Gasteiger partial charge in [0.1, 0.15) is 11.5 Å². The molecule has 1 aliphatic heterocycles. The van der Waals surface area contributed by atoms with E-state index in [1.165, 1.54) is 0 Å². The molecule has 2 aromatic rings. The van der Waals surface area contributed by atoms with Gasteiger partial charge in [0.25, 0.3) is 5.91 Å². The Balaban J connectivity index is 1.42. The molecule has 1 amide bonds. The van der Waals surface area contributed by atoms with Crippen LogP contribution in [0.15, 0.2) is 41.0 Å². The zero-order chi connectivity index (χ0) is 17.6. The van der Waals surface area contributed by atoms with Crippen LogP contribution in [0, 0.1) is 0 Å². The van der Waals surface area contributed by atoms with Crippen molar-refractivity contribution in [1.29, 1.82) is 0 Å². The number of carbonyl (C=O) groups excluding carboxylic acids is 1. The molecule has 25 heavy (non-hydrogen) atoms. The van der Waals surface area contributed by atoms with Gasteiger partial charge in [-0.1, -0.05) is 0 Å². The van der Waals surface area contributed by atoms with Crippen molar-refractivity contribution in [3.8, 4) is 17.2 Å². The minimum absolute atomic E-state index is 0.182. The maximum Gasteiger partial charge on any atom is 0.279 e. The van der Waals surface area contributed by atoms with Crippen LogP contribution in [0.5, 0.6) is 17.2 Å². The Morgan fingerprint density at radius 2 is 2.12 bits per heavy atom. The molecule has 0 radical (unpaired) electrons. The van der Waals surface area contributed by atoms with Gasteiger partial charge in [-0.15, -0.1) is 0 Å². The monoisotopic (exact) mass is 363 g/mol. The molecule has 0 bridgehead atoms. The second kappa shape index (κ2) is 7.75. The first-order chi connectivity index (χ1) is 12.1. The van der Waals surface area contributed by atoms with E-state index in [1.54, 1.807) is 37.5 Å². The number of amides is 1. The second-order valence-corrected chi connectivity index (χ2v) is 5.56. The number of hydrogen-bond acceptors (Lipinski definition) is 6. The Hall–Kier alpha value is -2.94. The molecule has 1 aliphatic rings. The van der Waals surface area contributed by atoms with Gasteiger partial charge in [-0.05, 0) is 43.4 Å². The summed E-state index contributed by atoms with van der Waals surface area (Å²) < 4.78 is 21.3. The number of ether oxygens (including phenoxy) is 3. The molecule has 0 unspecified atom stereocenters. The molecule has 0 saturated heterocycles. The van der Waals surface area contributed by atoms with E-state index in [-0.39, 0.29) is 17.8 Å². The fourth-order valence-electron chi connectivity index (χ4n) is 2.05. The third-order valence-electron chi connectivity index (χ3n) is 3.33. The van der Waals surface area contributed by atoms with Crippen molar-refractivity contribution < 1.29 is 23.4 Å². The number of rotatable bonds is 5. The summed E-state index contributed by atoms with van der Waals surface area (Å²) in [5.74, 6) is 2.10. The number of hydrazine groups is 1. The molecule has 1 atom stereocenters. The number of benzene rings is 1. The van der Waals surface area contributed by atoms with Crippen LogP contribution in [0.2, 0.25) is 0 Å². The lowest BCUT2D eigenvalue weighted by Crippen LogP contribution is -2.50. The van der Waals surface area contributed by atoms with Crippen LogP contribution in [-0.4, -0.2) is 23.9 Å². The Kier molecular flexibility index (Phi) is 5.24. The summed E-state index contributed by atoms with van der Waals surface area (Å²) in [4.78, 5) is 12.1. The quantitative estimate of drug-likeness (QED) is 0.543. The van der Waals surface area contributed by atoms with Crippen molar-refractivity contribution in [2.45, 2.75) is 19.6 Å². The third kappa shape index (κ3) is 4.54. The largest absolute Gasteiger partial charge is 0.481 e. The van der Waals surface area contributed by atoms with Crippen molar-refractivity contribution in [3.05, 3.63) is 42.4 Å². The predicted molar refractivity (Wildman–Crippen MR) is 92.1 cm³/mol. The molecule has 3 rings (SSSR count). The highest BCUT2D eigenvalue weighted by Crippen LogP contribution is 2.35. The van der Waals surface area contributed by atoms with Gasteiger partial charge >= 0.3 is 0 Å². The molecule has 0 fully saturated rings. The molecule has 1 aromatic carbocycles. The first kappa shape index (κ1) is 16.9. The summed E-state index contributed by atoms with van der Waals surface area (Å²) in [6, 6.07) is 8.71. The van der Waals surface area contributed by atoms with Crippen molar-refractivity contribution in [3.63, 3.8) is 0 Å². The van der Waals surface area contributed by atoms with Crippen LogP contribution in [0.3, 0.4) is 0 Å². The van der Waals surface area contributed by atoms with Crippen molar-refractivity contribution in [1.82, 2.24) is 16.2 Å². The molecule has 8 nitrogen and oxygen atoms in total. The number of carbonyl (C=O) groups is 1. The lowest BCUT2D eigenvalue weighted by Gasteiger charge is -2.16. The minimum atomic E-state index is -0.735. The number of nitrogens with one attached hydrogen (secondary N) is 3. The van der Waals surface area contributed by atoms with Gasteiger partial charge in [-0.25, -0.2) is 0 Å². The standard InChI is InChI=1S/C16H17N3O5S/c1-10(24-11-4-5-13-14(7-11)23-9-22-13)15(20)18-19-16(25)17-8-12-3-2-6-21-12/h2-7,10H,8-9H2,1H3,(H,18,20)(H2,17,19,25)/t10-/m1/s1. The lowest BCUT2D eigenvalue weighted by atomic mass is 10.3. The Bertz CT molecular complexity index is 750. The van der Waals surface area contributed by atoms with Crippen LogP contribution in [-0.2, 0) is 11.3 Å². The van der Waals surface area contributed by atoms with Gasteiger partial charge in [0, 0.05) is 6.07 Å². The molecule has 9 heteroatoms. The predicted octanol–water partition coefficient (Wildman–Crippen LogP) is 1.47. The number of thiocarbonyl (C=S) groups is 1. The average molecular weight is 363 g/mol. The zero-order valence-corrected chi connectivity index (χ0v) is 14.2. The number of hydrogen-bond donors (Lipinski definition) is 3. The first-order valence-electron chi connectivity index (χ1n) is 7.54. The van der Waals surface area contributed by atoms with Crippen molar-refractivity contribution in [2.24, 2.45) is 0 Å². The van der Waals surface area contributed by atoms with Crippen LogP contribution in [0.4, 0.5) is 0 Å². The highest BCUT2D eigenvalue weighted by atomic mass is 32.1. The molecule has 2 heterocycles. The molecule has 3 N–H and O–H groups in total. The topological polar surface area (TPSA) is 94.0 Å². The lowest BCUT2D eigenvalue weighted by molar-refractivity contribution is -0.127. The van der Waals surface area contributed by atoms with E-state index in [0.29, 0.717) is 23.8 Å². The smallest absolute Gasteiger partial charge is 0.279 e. The molecular weight excluding hydrogens is 346 g/mol. The van der Waals surface area contributed by atoms with Gasteiger partial charge in [0.2, 0.25) is 6.79 Å². The van der Waals surface area contributed by atoms with Gasteiger partial charge in [-0.2, -0.15) is 0 Å². The zero-order valence-electron chi connectivity index (χ0n) is 13.4. The van der Waals surface area contributed by atoms with E-state index in [2.05, 4.69) is 16.2 Å². The van der Waals surface area contributed by atoms with Gasteiger partial charge in [0.15, 0.2) is 22.7 Å². The number of fused-ring (bicyclic) bond motifs is 1. The summed E-state index contributed by atoms with van der Waals surface area (Å²) in [7, 11) is 0. The summed E-state index contributed by atoms with van der Waals surface area (Å²) >= 11 is 5.07. The second-order valence-electron chi connectivity index (χ2n) is 5.15. The molecule has 132 valence electrons. The van der Waals surface area contributed by atoms with E-state index in [9.17, 15) is 4.79 Å². The van der Waals surface area contributed by atoms with E-state index in [4.69, 9.17) is 30.8 Å². The molecule has 0 aliphatic carbocycles. The normalized spacial score (nSPS) is 13.0. The molecule has 1 aromatic heterocycles. The van der Waals surface area contributed by atoms with Crippen LogP contribution in [0.25, 0.3) is 0 Å². The highest BCUT2D eigenvalue weighted by Gasteiger charge is 2.18. The summed E-state index contributed by atoms with van der Waals surface area (Å²) in [5.41, 5.74) is 5.09. The molecule has 0 saturated carbocycles. The van der Waals surface area contributed by atoms with Gasteiger partial charge in [-0.3, -0.25) is 15.6 Å². The fourth-order valence-corrected chi connectivity index (χ4v) is 2.18. The van der Waals surface area contributed by atoms with Crippen LogP contribution < -0.4 is 30.4 Å². The van der Waals surface area contributed by atoms with Gasteiger partial charge < -0.3 is 23.9 Å². The maximum atomic E-state index is 12.1.